The maximum Gasteiger partial charge on any atom is 0.273 e. The molecule has 0 radical (unpaired) electrons. The third kappa shape index (κ3) is 3.01. The molecular weight excluding hydrogens is 324 g/mol. The van der Waals surface area contributed by atoms with Crippen LogP contribution in [-0.4, -0.2) is 18.1 Å². The van der Waals surface area contributed by atoms with Gasteiger partial charge in [0, 0.05) is 12.1 Å². The van der Waals surface area contributed by atoms with Gasteiger partial charge in [0.1, 0.15) is 5.75 Å². The zero-order chi connectivity index (χ0) is 17.3. The minimum absolute atomic E-state index is 0.00398. The molecule has 0 atom stereocenters. The Balaban J connectivity index is 1.91. The molecule has 0 aliphatic carbocycles. The van der Waals surface area contributed by atoms with E-state index < -0.39 is 0 Å². The lowest BCUT2D eigenvalue weighted by atomic mass is 10.00. The smallest absolute Gasteiger partial charge is 0.273 e. The molecule has 0 aromatic heterocycles. The summed E-state index contributed by atoms with van der Waals surface area (Å²) in [5.74, 6) is -0.380. The minimum atomic E-state index is -0.376. The Kier molecular flexibility index (Phi) is 4.32. The minimum Gasteiger partial charge on any atom is -0.507 e. The second-order valence-corrected chi connectivity index (χ2v) is 6.03. The van der Waals surface area contributed by atoms with Crippen LogP contribution in [0.25, 0.3) is 10.8 Å². The summed E-state index contributed by atoms with van der Waals surface area (Å²) in [6.45, 7) is 1.80. The maximum atomic E-state index is 12.6. The number of nitrogens with zero attached hydrogens (tertiary/aromatic N) is 1. The van der Waals surface area contributed by atoms with E-state index in [0.29, 0.717) is 10.6 Å². The van der Waals surface area contributed by atoms with Crippen molar-refractivity contribution < 1.29 is 9.90 Å². The molecule has 0 aliphatic heterocycles. The van der Waals surface area contributed by atoms with E-state index in [1.165, 1.54) is 0 Å². The van der Waals surface area contributed by atoms with E-state index in [0.717, 1.165) is 16.5 Å². The lowest BCUT2D eigenvalue weighted by Crippen LogP contribution is -2.39. The van der Waals surface area contributed by atoms with E-state index in [9.17, 15) is 9.90 Å². The van der Waals surface area contributed by atoms with Crippen molar-refractivity contribution in [3.8, 4) is 5.75 Å². The molecule has 0 unspecified atom stereocenters. The number of rotatable bonds is 3. The van der Waals surface area contributed by atoms with E-state index in [1.807, 2.05) is 24.3 Å². The number of aromatic hydroxyl groups is 1. The first kappa shape index (κ1) is 16.1. The van der Waals surface area contributed by atoms with Gasteiger partial charge in [0.15, 0.2) is 0 Å². The maximum absolute atomic E-state index is 12.6. The zero-order valence-electron chi connectivity index (χ0n) is 13.4. The third-order valence-corrected chi connectivity index (χ3v) is 4.25. The fourth-order valence-electron chi connectivity index (χ4n) is 2.63. The van der Waals surface area contributed by atoms with Gasteiger partial charge >= 0.3 is 0 Å². The second kappa shape index (κ2) is 6.42. The molecule has 0 spiro atoms. The Bertz CT molecular complexity index is 907. The molecule has 0 saturated heterocycles. The number of benzene rings is 3. The second-order valence-electron chi connectivity index (χ2n) is 5.60. The SMILES string of the molecule is Cc1c(O)c(C(=O)NN(C)c2ccc(Cl)cc2)cc2ccccc12. The highest BCUT2D eigenvalue weighted by Gasteiger charge is 2.17. The van der Waals surface area contributed by atoms with Crippen LogP contribution in [-0.2, 0) is 0 Å². The molecule has 24 heavy (non-hydrogen) atoms. The molecule has 0 fully saturated rings. The third-order valence-electron chi connectivity index (χ3n) is 4.00. The van der Waals surface area contributed by atoms with Crippen molar-refractivity contribution in [1.29, 1.82) is 0 Å². The summed E-state index contributed by atoms with van der Waals surface area (Å²) in [6, 6.07) is 16.4. The number of amides is 1. The van der Waals surface area contributed by atoms with Gasteiger partial charge in [-0.15, -0.1) is 0 Å². The molecule has 2 N–H and O–H groups in total. The van der Waals surface area contributed by atoms with Gasteiger partial charge in [-0.05, 0) is 53.6 Å². The lowest BCUT2D eigenvalue weighted by molar-refractivity contribution is 0.0949. The van der Waals surface area contributed by atoms with Gasteiger partial charge in [0.2, 0.25) is 0 Å². The van der Waals surface area contributed by atoms with E-state index in [1.54, 1.807) is 49.3 Å². The standard InChI is InChI=1S/C19H17ClN2O2/c1-12-16-6-4-3-5-13(16)11-17(18(12)23)19(24)21-22(2)15-9-7-14(20)8-10-15/h3-11,23H,1-2H3,(H,21,24). The number of phenolic OH excluding ortho intramolecular Hbond substituents is 1. The van der Waals surface area contributed by atoms with Crippen LogP contribution < -0.4 is 10.4 Å². The molecule has 0 bridgehead atoms. The molecule has 5 heteroatoms. The van der Waals surface area contributed by atoms with Crippen LogP contribution in [0.1, 0.15) is 15.9 Å². The van der Waals surface area contributed by atoms with Crippen molar-refractivity contribution in [3.05, 3.63) is 70.7 Å². The molecule has 0 saturated carbocycles. The molecule has 3 rings (SSSR count). The number of hydrogen-bond donors (Lipinski definition) is 2. The molecule has 3 aromatic carbocycles. The number of nitrogens with one attached hydrogen (secondary N) is 1. The largest absolute Gasteiger partial charge is 0.507 e. The molecule has 3 aromatic rings. The number of carbonyl (C=O) groups excluding carboxylic acids is 1. The zero-order valence-corrected chi connectivity index (χ0v) is 14.1. The monoisotopic (exact) mass is 340 g/mol. The first-order valence-electron chi connectivity index (χ1n) is 7.49. The summed E-state index contributed by atoms with van der Waals surface area (Å²) in [6.07, 6.45) is 0. The molecule has 4 nitrogen and oxygen atoms in total. The molecular formula is C19H17ClN2O2. The van der Waals surface area contributed by atoms with E-state index in [2.05, 4.69) is 5.43 Å². The summed E-state index contributed by atoms with van der Waals surface area (Å²) >= 11 is 5.87. The van der Waals surface area contributed by atoms with Gasteiger partial charge < -0.3 is 5.11 Å². The highest BCUT2D eigenvalue weighted by Crippen LogP contribution is 2.30. The van der Waals surface area contributed by atoms with Crippen LogP contribution in [0.3, 0.4) is 0 Å². The van der Waals surface area contributed by atoms with Gasteiger partial charge in [-0.3, -0.25) is 15.2 Å². The Morgan fingerprint density at radius 2 is 1.79 bits per heavy atom. The van der Waals surface area contributed by atoms with Gasteiger partial charge in [-0.2, -0.15) is 0 Å². The lowest BCUT2D eigenvalue weighted by Gasteiger charge is -2.21. The molecule has 0 aliphatic rings. The fourth-order valence-corrected chi connectivity index (χ4v) is 2.76. The first-order valence-corrected chi connectivity index (χ1v) is 7.87. The van der Waals surface area contributed by atoms with Gasteiger partial charge in [-0.25, -0.2) is 0 Å². The van der Waals surface area contributed by atoms with Gasteiger partial charge in [0.05, 0.1) is 11.3 Å². The topological polar surface area (TPSA) is 52.6 Å². The number of hydrogen-bond acceptors (Lipinski definition) is 3. The van der Waals surface area contributed by atoms with Gasteiger partial charge in [-0.1, -0.05) is 35.9 Å². The van der Waals surface area contributed by atoms with Crippen molar-refractivity contribution in [2.45, 2.75) is 6.92 Å². The summed E-state index contributed by atoms with van der Waals surface area (Å²) in [5.41, 5.74) is 4.47. The van der Waals surface area contributed by atoms with E-state index >= 15 is 0 Å². The van der Waals surface area contributed by atoms with E-state index in [-0.39, 0.29) is 17.2 Å². The molecule has 0 heterocycles. The normalized spacial score (nSPS) is 10.6. The van der Waals surface area contributed by atoms with Crippen LogP contribution in [0.15, 0.2) is 54.6 Å². The average Bonchev–Trinajstić information content (AvgIpc) is 2.58. The molecule has 122 valence electrons. The van der Waals surface area contributed by atoms with Crippen LogP contribution in [0.2, 0.25) is 5.02 Å². The summed E-state index contributed by atoms with van der Waals surface area (Å²) < 4.78 is 0. The number of aryl methyl sites for hydroxylation is 1. The molecule has 1 amide bonds. The number of anilines is 1. The number of phenols is 1. The number of hydrazine groups is 1. The predicted octanol–water partition coefficient (Wildman–Crippen LogP) is 4.29. The van der Waals surface area contributed by atoms with Crippen molar-refractivity contribution in [1.82, 2.24) is 5.43 Å². The number of fused-ring (bicyclic) bond motifs is 1. The predicted molar refractivity (Wildman–Crippen MR) is 97.7 cm³/mol. The Labute approximate surface area is 145 Å². The van der Waals surface area contributed by atoms with Crippen molar-refractivity contribution >= 4 is 34.0 Å². The first-order chi connectivity index (χ1) is 11.5. The Morgan fingerprint density at radius 3 is 2.50 bits per heavy atom. The van der Waals surface area contributed by atoms with Crippen LogP contribution >= 0.6 is 11.6 Å². The van der Waals surface area contributed by atoms with Crippen molar-refractivity contribution in [2.24, 2.45) is 0 Å². The van der Waals surface area contributed by atoms with E-state index in [4.69, 9.17) is 11.6 Å². The van der Waals surface area contributed by atoms with Crippen LogP contribution in [0.5, 0.6) is 5.75 Å². The highest BCUT2D eigenvalue weighted by molar-refractivity contribution is 6.30. The Morgan fingerprint density at radius 1 is 1.12 bits per heavy atom. The fraction of sp³-hybridized carbons (Fsp3) is 0.105. The van der Waals surface area contributed by atoms with Crippen LogP contribution in [0.4, 0.5) is 5.69 Å². The van der Waals surface area contributed by atoms with Crippen molar-refractivity contribution in [2.75, 3.05) is 12.1 Å². The average molecular weight is 341 g/mol. The summed E-state index contributed by atoms with van der Waals surface area (Å²) in [4.78, 5) is 12.6. The Hall–Kier alpha value is -2.72. The quantitative estimate of drug-likeness (QED) is 0.699. The highest BCUT2D eigenvalue weighted by atomic mass is 35.5. The summed E-state index contributed by atoms with van der Waals surface area (Å²) in [5, 5.41) is 14.4. The summed E-state index contributed by atoms with van der Waals surface area (Å²) in [7, 11) is 1.73. The number of carbonyl (C=O) groups is 1. The number of halogens is 1. The van der Waals surface area contributed by atoms with Gasteiger partial charge in [0.25, 0.3) is 5.91 Å². The van der Waals surface area contributed by atoms with Crippen molar-refractivity contribution in [3.63, 3.8) is 0 Å². The van der Waals surface area contributed by atoms with Crippen LogP contribution in [0, 0.1) is 6.92 Å².